The Balaban J connectivity index is 2.16. The molecule has 0 bridgehead atoms. The number of para-hydroxylation sites is 1. The number of aromatic nitrogens is 4. The summed E-state index contributed by atoms with van der Waals surface area (Å²) in [6.07, 6.45) is 0. The summed E-state index contributed by atoms with van der Waals surface area (Å²) in [5.41, 5.74) is 0.858. The average molecular weight is 278 g/mol. The summed E-state index contributed by atoms with van der Waals surface area (Å²) in [6, 6.07) is 9.50. The standard InChI is InChI=1S/C12H14N4O2S/c1-12(2,11(17)18)19-8-10-13-14-15-16(10)9-6-4-3-5-7-9/h3-7H,8H2,1-2H3,(H,17,18). The van der Waals surface area contributed by atoms with Gasteiger partial charge in [-0.3, -0.25) is 4.79 Å². The van der Waals surface area contributed by atoms with Gasteiger partial charge in [0.15, 0.2) is 5.82 Å². The molecule has 19 heavy (non-hydrogen) atoms. The highest BCUT2D eigenvalue weighted by Crippen LogP contribution is 2.27. The summed E-state index contributed by atoms with van der Waals surface area (Å²) >= 11 is 1.29. The summed E-state index contributed by atoms with van der Waals surface area (Å²) in [5.74, 6) is 0.211. The maximum Gasteiger partial charge on any atom is 0.319 e. The van der Waals surface area contributed by atoms with E-state index in [-0.39, 0.29) is 0 Å². The van der Waals surface area contributed by atoms with Crippen molar-refractivity contribution >= 4 is 17.7 Å². The van der Waals surface area contributed by atoms with Gasteiger partial charge in [0.2, 0.25) is 0 Å². The van der Waals surface area contributed by atoms with Crippen molar-refractivity contribution in [1.29, 1.82) is 0 Å². The topological polar surface area (TPSA) is 80.9 Å². The third-order valence-corrected chi connectivity index (χ3v) is 3.91. The molecule has 0 amide bonds. The van der Waals surface area contributed by atoms with E-state index in [2.05, 4.69) is 15.5 Å². The van der Waals surface area contributed by atoms with E-state index >= 15 is 0 Å². The third-order valence-electron chi connectivity index (χ3n) is 2.61. The van der Waals surface area contributed by atoms with Crippen LogP contribution >= 0.6 is 11.8 Å². The van der Waals surface area contributed by atoms with Gasteiger partial charge in [-0.25, -0.2) is 0 Å². The number of carboxylic acid groups (broad SMARTS) is 1. The number of aliphatic carboxylic acids is 1. The third kappa shape index (κ3) is 3.11. The van der Waals surface area contributed by atoms with Crippen molar-refractivity contribution < 1.29 is 9.90 Å². The molecule has 0 saturated carbocycles. The van der Waals surface area contributed by atoms with Crippen LogP contribution in [0.15, 0.2) is 30.3 Å². The first-order chi connectivity index (χ1) is 9.00. The van der Waals surface area contributed by atoms with Crippen LogP contribution in [0.5, 0.6) is 0 Å². The van der Waals surface area contributed by atoms with Gasteiger partial charge in [0.05, 0.1) is 11.4 Å². The number of nitrogens with zero attached hydrogens (tertiary/aromatic N) is 4. The first-order valence-corrected chi connectivity index (χ1v) is 6.69. The zero-order chi connectivity index (χ0) is 13.9. The zero-order valence-electron chi connectivity index (χ0n) is 10.6. The number of rotatable bonds is 5. The minimum Gasteiger partial charge on any atom is -0.480 e. The first kappa shape index (κ1) is 13.5. The summed E-state index contributed by atoms with van der Waals surface area (Å²) in [5, 5.41) is 20.6. The highest BCUT2D eigenvalue weighted by molar-refractivity contribution is 8.00. The van der Waals surface area contributed by atoms with E-state index in [0.717, 1.165) is 5.69 Å². The number of hydrogen-bond acceptors (Lipinski definition) is 5. The van der Waals surface area contributed by atoms with Gasteiger partial charge in [0.25, 0.3) is 0 Å². The summed E-state index contributed by atoms with van der Waals surface area (Å²) in [6.45, 7) is 3.33. The van der Waals surface area contributed by atoms with Crippen molar-refractivity contribution in [3.05, 3.63) is 36.2 Å². The number of carboxylic acids is 1. The number of hydrogen-bond donors (Lipinski definition) is 1. The fraction of sp³-hybridized carbons (Fsp3) is 0.333. The Labute approximate surface area is 114 Å². The van der Waals surface area contributed by atoms with Crippen LogP contribution in [-0.4, -0.2) is 36.0 Å². The SMILES string of the molecule is CC(C)(SCc1nnnn1-c1ccccc1)C(=O)O. The molecule has 0 aliphatic carbocycles. The summed E-state index contributed by atoms with van der Waals surface area (Å²) < 4.78 is 0.748. The molecular formula is C12H14N4O2S. The van der Waals surface area contributed by atoms with Crippen molar-refractivity contribution in [2.24, 2.45) is 0 Å². The van der Waals surface area contributed by atoms with Gasteiger partial charge in [-0.05, 0) is 36.4 Å². The van der Waals surface area contributed by atoms with E-state index < -0.39 is 10.7 Å². The van der Waals surface area contributed by atoms with Crippen LogP contribution in [-0.2, 0) is 10.5 Å². The molecule has 2 aromatic rings. The summed E-state index contributed by atoms with van der Waals surface area (Å²) in [4.78, 5) is 11.1. The lowest BCUT2D eigenvalue weighted by atomic mass is 10.2. The molecule has 1 N–H and O–H groups in total. The van der Waals surface area contributed by atoms with E-state index in [1.165, 1.54) is 11.8 Å². The smallest absolute Gasteiger partial charge is 0.319 e. The van der Waals surface area contributed by atoms with Crippen LogP contribution < -0.4 is 0 Å². The Kier molecular flexibility index (Phi) is 3.84. The first-order valence-electron chi connectivity index (χ1n) is 5.71. The zero-order valence-corrected chi connectivity index (χ0v) is 11.5. The monoisotopic (exact) mass is 278 g/mol. The molecule has 2 rings (SSSR count). The fourth-order valence-corrected chi connectivity index (χ4v) is 2.17. The summed E-state index contributed by atoms with van der Waals surface area (Å²) in [7, 11) is 0. The van der Waals surface area contributed by atoms with Gasteiger partial charge < -0.3 is 5.11 Å². The van der Waals surface area contributed by atoms with Gasteiger partial charge in [0, 0.05) is 0 Å². The van der Waals surface area contributed by atoms with Gasteiger partial charge in [-0.15, -0.1) is 16.9 Å². The van der Waals surface area contributed by atoms with E-state index in [1.807, 2.05) is 30.3 Å². The second-order valence-corrected chi connectivity index (χ2v) is 6.04. The number of tetrazole rings is 1. The Bertz CT molecular complexity index is 568. The predicted molar refractivity (Wildman–Crippen MR) is 72.2 cm³/mol. The van der Waals surface area contributed by atoms with Crippen LogP contribution in [0.4, 0.5) is 0 Å². The highest BCUT2D eigenvalue weighted by Gasteiger charge is 2.28. The fourth-order valence-electron chi connectivity index (χ4n) is 1.37. The molecule has 1 aromatic carbocycles. The van der Waals surface area contributed by atoms with Crippen LogP contribution in [0.3, 0.4) is 0 Å². The van der Waals surface area contributed by atoms with Crippen molar-refractivity contribution in [3.63, 3.8) is 0 Å². The van der Waals surface area contributed by atoms with E-state index in [0.29, 0.717) is 11.6 Å². The van der Waals surface area contributed by atoms with E-state index in [4.69, 9.17) is 5.11 Å². The molecule has 7 heteroatoms. The van der Waals surface area contributed by atoms with E-state index in [9.17, 15) is 4.79 Å². The molecule has 0 saturated heterocycles. The second-order valence-electron chi connectivity index (χ2n) is 4.45. The van der Waals surface area contributed by atoms with Crippen molar-refractivity contribution in [2.75, 3.05) is 0 Å². The molecule has 1 aromatic heterocycles. The lowest BCUT2D eigenvalue weighted by Gasteiger charge is -2.17. The Morgan fingerprint density at radius 3 is 2.68 bits per heavy atom. The minimum atomic E-state index is -0.868. The maximum atomic E-state index is 11.1. The quantitative estimate of drug-likeness (QED) is 0.897. The van der Waals surface area contributed by atoms with Crippen molar-refractivity contribution in [2.45, 2.75) is 24.3 Å². The minimum absolute atomic E-state index is 0.432. The molecule has 100 valence electrons. The molecule has 0 spiro atoms. The van der Waals surface area contributed by atoms with Gasteiger partial charge in [-0.2, -0.15) is 4.68 Å². The van der Waals surface area contributed by atoms with Crippen LogP contribution in [0.25, 0.3) is 5.69 Å². The molecule has 6 nitrogen and oxygen atoms in total. The van der Waals surface area contributed by atoms with Gasteiger partial charge in [-0.1, -0.05) is 18.2 Å². The van der Waals surface area contributed by atoms with Crippen molar-refractivity contribution in [3.8, 4) is 5.69 Å². The molecular weight excluding hydrogens is 264 g/mol. The Morgan fingerprint density at radius 2 is 2.05 bits per heavy atom. The molecule has 0 unspecified atom stereocenters. The molecule has 0 atom stereocenters. The molecule has 0 aliphatic heterocycles. The molecule has 1 heterocycles. The van der Waals surface area contributed by atoms with Crippen LogP contribution in [0.1, 0.15) is 19.7 Å². The highest BCUT2D eigenvalue weighted by atomic mass is 32.2. The van der Waals surface area contributed by atoms with E-state index in [1.54, 1.807) is 18.5 Å². The lowest BCUT2D eigenvalue weighted by molar-refractivity contribution is -0.138. The number of benzene rings is 1. The van der Waals surface area contributed by atoms with Gasteiger partial charge >= 0.3 is 5.97 Å². The maximum absolute atomic E-state index is 11.1. The largest absolute Gasteiger partial charge is 0.480 e. The normalized spacial score (nSPS) is 11.5. The molecule has 0 fully saturated rings. The Hall–Kier alpha value is -1.89. The number of carbonyl (C=O) groups is 1. The van der Waals surface area contributed by atoms with Crippen LogP contribution in [0, 0.1) is 0 Å². The second kappa shape index (κ2) is 5.40. The van der Waals surface area contributed by atoms with Gasteiger partial charge in [0.1, 0.15) is 4.75 Å². The predicted octanol–water partition coefficient (Wildman–Crippen LogP) is 1.76. The van der Waals surface area contributed by atoms with Crippen molar-refractivity contribution in [1.82, 2.24) is 20.2 Å². The average Bonchev–Trinajstić information content (AvgIpc) is 2.85. The lowest BCUT2D eigenvalue weighted by Crippen LogP contribution is -2.27. The molecule has 0 aliphatic rings. The van der Waals surface area contributed by atoms with Crippen LogP contribution in [0.2, 0.25) is 0 Å². The molecule has 0 radical (unpaired) electrons. The Morgan fingerprint density at radius 1 is 1.37 bits per heavy atom. The number of thioether (sulfide) groups is 1.